The van der Waals surface area contributed by atoms with Crippen molar-refractivity contribution in [1.29, 1.82) is 0 Å². The molecule has 0 aromatic carbocycles. The van der Waals surface area contributed by atoms with Gasteiger partial charge in [-0.25, -0.2) is 9.97 Å². The highest BCUT2D eigenvalue weighted by Gasteiger charge is 1.99. The summed E-state index contributed by atoms with van der Waals surface area (Å²) < 4.78 is 6.73. The van der Waals surface area contributed by atoms with Crippen LogP contribution in [0.4, 0.5) is 5.95 Å². The predicted molar refractivity (Wildman–Crippen MR) is 59.1 cm³/mol. The van der Waals surface area contributed by atoms with E-state index >= 15 is 0 Å². The van der Waals surface area contributed by atoms with Crippen molar-refractivity contribution in [3.8, 4) is 5.75 Å². The van der Waals surface area contributed by atoms with Gasteiger partial charge in [-0.1, -0.05) is 0 Å². The number of hydrogen-bond donors (Lipinski definition) is 1. The molecule has 6 heteroatoms. The van der Waals surface area contributed by atoms with E-state index in [0.717, 1.165) is 5.56 Å². The Labute approximate surface area is 93.3 Å². The van der Waals surface area contributed by atoms with E-state index < -0.39 is 0 Å². The summed E-state index contributed by atoms with van der Waals surface area (Å²) in [6.07, 6.45) is 6.99. The second-order valence-corrected chi connectivity index (χ2v) is 3.32. The van der Waals surface area contributed by atoms with Gasteiger partial charge in [-0.2, -0.15) is 5.10 Å². The van der Waals surface area contributed by atoms with Crippen LogP contribution in [0.5, 0.6) is 5.75 Å². The highest BCUT2D eigenvalue weighted by Crippen LogP contribution is 2.08. The molecule has 0 unspecified atom stereocenters. The molecule has 0 aliphatic heterocycles. The molecule has 1 N–H and O–H groups in total. The predicted octanol–water partition coefficient (Wildman–Crippen LogP) is 0.831. The van der Waals surface area contributed by atoms with E-state index in [1.165, 1.54) is 0 Å². The van der Waals surface area contributed by atoms with Gasteiger partial charge in [0.25, 0.3) is 0 Å². The molecular weight excluding hydrogens is 206 g/mol. The minimum Gasteiger partial charge on any atom is -0.494 e. The first-order valence-corrected chi connectivity index (χ1v) is 4.85. The zero-order valence-electron chi connectivity index (χ0n) is 9.21. The Balaban J connectivity index is 1.94. The van der Waals surface area contributed by atoms with E-state index in [1.54, 1.807) is 30.4 Å². The molecule has 0 amide bonds. The Morgan fingerprint density at radius 2 is 2.06 bits per heavy atom. The van der Waals surface area contributed by atoms with E-state index in [0.29, 0.717) is 18.2 Å². The average Bonchev–Trinajstić information content (AvgIpc) is 2.73. The van der Waals surface area contributed by atoms with Crippen molar-refractivity contribution in [3.05, 3.63) is 30.4 Å². The minimum atomic E-state index is 0.574. The van der Waals surface area contributed by atoms with Crippen molar-refractivity contribution in [1.82, 2.24) is 19.7 Å². The molecule has 2 heterocycles. The van der Waals surface area contributed by atoms with Gasteiger partial charge in [-0.05, 0) is 0 Å². The van der Waals surface area contributed by atoms with Gasteiger partial charge in [0.15, 0.2) is 5.75 Å². The summed E-state index contributed by atoms with van der Waals surface area (Å²) in [5, 5.41) is 7.17. The topological polar surface area (TPSA) is 64.9 Å². The maximum atomic E-state index is 4.97. The second-order valence-electron chi connectivity index (χ2n) is 3.32. The van der Waals surface area contributed by atoms with Crippen LogP contribution in [0.1, 0.15) is 5.56 Å². The van der Waals surface area contributed by atoms with E-state index in [2.05, 4.69) is 20.4 Å². The number of anilines is 1. The zero-order chi connectivity index (χ0) is 11.4. The van der Waals surface area contributed by atoms with Crippen molar-refractivity contribution in [2.45, 2.75) is 6.54 Å². The number of nitrogens with one attached hydrogen (secondary N) is 1. The number of hydrogen-bond acceptors (Lipinski definition) is 5. The van der Waals surface area contributed by atoms with Crippen LogP contribution < -0.4 is 10.1 Å². The lowest BCUT2D eigenvalue weighted by Crippen LogP contribution is -2.02. The summed E-state index contributed by atoms with van der Waals surface area (Å²) in [7, 11) is 3.47. The van der Waals surface area contributed by atoms with Gasteiger partial charge >= 0.3 is 0 Å². The summed E-state index contributed by atoms with van der Waals surface area (Å²) in [5.41, 5.74) is 1.09. The first-order valence-electron chi connectivity index (χ1n) is 4.85. The highest BCUT2D eigenvalue weighted by atomic mass is 16.5. The fourth-order valence-corrected chi connectivity index (χ4v) is 1.26. The van der Waals surface area contributed by atoms with Crippen LogP contribution in [-0.4, -0.2) is 26.9 Å². The SMILES string of the molecule is COc1cnc(NCc2cnn(C)c2)nc1. The highest BCUT2D eigenvalue weighted by molar-refractivity contribution is 5.28. The van der Waals surface area contributed by atoms with Crippen LogP contribution in [0.15, 0.2) is 24.8 Å². The number of nitrogens with zero attached hydrogens (tertiary/aromatic N) is 4. The van der Waals surface area contributed by atoms with Gasteiger partial charge in [0.1, 0.15) is 0 Å². The van der Waals surface area contributed by atoms with Gasteiger partial charge in [0, 0.05) is 25.4 Å². The van der Waals surface area contributed by atoms with Crippen LogP contribution in [-0.2, 0) is 13.6 Å². The van der Waals surface area contributed by atoms with Gasteiger partial charge in [0.2, 0.25) is 5.95 Å². The molecule has 16 heavy (non-hydrogen) atoms. The molecule has 0 saturated heterocycles. The lowest BCUT2D eigenvalue weighted by atomic mass is 10.4. The standard InChI is InChI=1S/C10H13N5O/c1-15-7-8(4-14-15)3-11-10-12-5-9(16-2)6-13-10/h4-7H,3H2,1-2H3,(H,11,12,13). The molecule has 0 bridgehead atoms. The molecule has 6 nitrogen and oxygen atoms in total. The number of methoxy groups -OCH3 is 1. The average molecular weight is 219 g/mol. The van der Waals surface area contributed by atoms with E-state index in [4.69, 9.17) is 4.74 Å². The molecule has 0 saturated carbocycles. The van der Waals surface area contributed by atoms with Crippen molar-refractivity contribution < 1.29 is 4.74 Å². The van der Waals surface area contributed by atoms with Gasteiger partial charge in [0.05, 0.1) is 25.7 Å². The quantitative estimate of drug-likeness (QED) is 0.825. The van der Waals surface area contributed by atoms with Crippen LogP contribution in [0.25, 0.3) is 0 Å². The Kier molecular flexibility index (Phi) is 3.00. The number of ether oxygens (including phenoxy) is 1. The van der Waals surface area contributed by atoms with Crippen molar-refractivity contribution in [2.75, 3.05) is 12.4 Å². The molecular formula is C10H13N5O. The monoisotopic (exact) mass is 219 g/mol. The molecule has 0 atom stereocenters. The molecule has 84 valence electrons. The maximum absolute atomic E-state index is 4.97. The van der Waals surface area contributed by atoms with Gasteiger partial charge < -0.3 is 10.1 Å². The molecule has 0 spiro atoms. The van der Waals surface area contributed by atoms with Gasteiger partial charge in [-0.15, -0.1) is 0 Å². The fraction of sp³-hybridized carbons (Fsp3) is 0.300. The van der Waals surface area contributed by atoms with E-state index in [-0.39, 0.29) is 0 Å². The van der Waals surface area contributed by atoms with Crippen molar-refractivity contribution in [2.24, 2.45) is 7.05 Å². The molecule has 0 fully saturated rings. The minimum absolute atomic E-state index is 0.574. The third-order valence-electron chi connectivity index (χ3n) is 2.07. The summed E-state index contributed by atoms with van der Waals surface area (Å²) in [6, 6.07) is 0. The number of aryl methyl sites for hydroxylation is 1. The Bertz CT molecular complexity index is 450. The summed E-state index contributed by atoms with van der Waals surface area (Å²) in [5.74, 6) is 1.22. The molecule has 2 rings (SSSR count). The lowest BCUT2D eigenvalue weighted by Gasteiger charge is -2.03. The summed E-state index contributed by atoms with van der Waals surface area (Å²) >= 11 is 0. The van der Waals surface area contributed by atoms with Crippen LogP contribution >= 0.6 is 0 Å². The third kappa shape index (κ3) is 2.47. The maximum Gasteiger partial charge on any atom is 0.223 e. The molecule has 2 aromatic rings. The zero-order valence-corrected chi connectivity index (χ0v) is 9.21. The molecule has 0 aliphatic rings. The molecule has 0 radical (unpaired) electrons. The lowest BCUT2D eigenvalue weighted by molar-refractivity contribution is 0.411. The molecule has 2 aromatic heterocycles. The van der Waals surface area contributed by atoms with Gasteiger partial charge in [-0.3, -0.25) is 4.68 Å². The third-order valence-corrected chi connectivity index (χ3v) is 2.07. The fourth-order valence-electron chi connectivity index (χ4n) is 1.26. The summed E-state index contributed by atoms with van der Waals surface area (Å²) in [4.78, 5) is 8.19. The van der Waals surface area contributed by atoms with Crippen molar-refractivity contribution >= 4 is 5.95 Å². The van der Waals surface area contributed by atoms with Crippen LogP contribution in [0.2, 0.25) is 0 Å². The number of rotatable bonds is 4. The van der Waals surface area contributed by atoms with E-state index in [9.17, 15) is 0 Å². The Morgan fingerprint density at radius 3 is 2.62 bits per heavy atom. The van der Waals surface area contributed by atoms with Crippen molar-refractivity contribution in [3.63, 3.8) is 0 Å². The molecule has 0 aliphatic carbocycles. The number of aromatic nitrogens is 4. The van der Waals surface area contributed by atoms with Crippen LogP contribution in [0.3, 0.4) is 0 Å². The first-order chi connectivity index (χ1) is 7.78. The summed E-state index contributed by atoms with van der Waals surface area (Å²) in [6.45, 7) is 0.653. The van der Waals surface area contributed by atoms with E-state index in [1.807, 2.05) is 13.2 Å². The smallest absolute Gasteiger partial charge is 0.223 e. The normalized spacial score (nSPS) is 10.1. The largest absolute Gasteiger partial charge is 0.494 e. The second kappa shape index (κ2) is 4.61. The Morgan fingerprint density at radius 1 is 1.31 bits per heavy atom. The first kappa shape index (κ1) is 10.4. The Hall–Kier alpha value is -2.11. The van der Waals surface area contributed by atoms with Crippen LogP contribution in [0, 0.1) is 0 Å².